The molecule has 5 nitrogen and oxygen atoms in total. The van der Waals surface area contributed by atoms with E-state index in [-0.39, 0.29) is 11.9 Å². The van der Waals surface area contributed by atoms with Crippen molar-refractivity contribution < 1.29 is 4.79 Å². The standard InChI is InChI=1S/C15H20N4O/c1-10-4-3-7-19(13(10)8-16)15(20)12-6-2-5-11-9-17-18-14(11)12/h2,5-6,9-10,13H,3-4,7-8,16H2,1H3,(H,17,18)/t10-,13+/m1/s1. The minimum atomic E-state index is 0.0573. The van der Waals surface area contributed by atoms with E-state index < -0.39 is 0 Å². The molecular weight excluding hydrogens is 252 g/mol. The molecule has 1 aromatic heterocycles. The highest BCUT2D eigenvalue weighted by Crippen LogP contribution is 2.26. The summed E-state index contributed by atoms with van der Waals surface area (Å²) in [6.07, 6.45) is 3.92. The van der Waals surface area contributed by atoms with Crippen LogP contribution in [0, 0.1) is 5.92 Å². The predicted molar refractivity (Wildman–Crippen MR) is 78.4 cm³/mol. The number of aromatic amines is 1. The fourth-order valence-corrected chi connectivity index (χ4v) is 3.16. The summed E-state index contributed by atoms with van der Waals surface area (Å²) in [7, 11) is 0. The van der Waals surface area contributed by atoms with E-state index in [9.17, 15) is 4.79 Å². The second-order valence-corrected chi connectivity index (χ2v) is 5.56. The number of fused-ring (bicyclic) bond motifs is 1. The molecule has 106 valence electrons. The van der Waals surface area contributed by atoms with Crippen molar-refractivity contribution in [1.29, 1.82) is 0 Å². The Hall–Kier alpha value is -1.88. The molecule has 0 unspecified atom stereocenters. The van der Waals surface area contributed by atoms with Gasteiger partial charge in [0.15, 0.2) is 0 Å². The highest BCUT2D eigenvalue weighted by molar-refractivity contribution is 6.05. The second-order valence-electron chi connectivity index (χ2n) is 5.56. The van der Waals surface area contributed by atoms with Gasteiger partial charge in [-0.15, -0.1) is 0 Å². The van der Waals surface area contributed by atoms with E-state index in [1.807, 2.05) is 23.1 Å². The van der Waals surface area contributed by atoms with Gasteiger partial charge in [0.2, 0.25) is 0 Å². The number of benzene rings is 1. The van der Waals surface area contributed by atoms with Crippen molar-refractivity contribution in [2.24, 2.45) is 11.7 Å². The monoisotopic (exact) mass is 272 g/mol. The van der Waals surface area contributed by atoms with Crippen molar-refractivity contribution in [2.45, 2.75) is 25.8 Å². The molecule has 1 aliphatic heterocycles. The number of carbonyl (C=O) groups is 1. The van der Waals surface area contributed by atoms with Gasteiger partial charge in [-0.1, -0.05) is 19.1 Å². The molecule has 5 heteroatoms. The lowest BCUT2D eigenvalue weighted by atomic mass is 9.90. The zero-order chi connectivity index (χ0) is 14.1. The summed E-state index contributed by atoms with van der Waals surface area (Å²) in [5.41, 5.74) is 7.38. The number of amides is 1. The third-order valence-electron chi connectivity index (χ3n) is 4.33. The largest absolute Gasteiger partial charge is 0.334 e. The Morgan fingerprint density at radius 2 is 2.40 bits per heavy atom. The number of H-pyrrole nitrogens is 1. The van der Waals surface area contributed by atoms with Crippen LogP contribution in [0.5, 0.6) is 0 Å². The minimum Gasteiger partial charge on any atom is -0.334 e. The number of para-hydroxylation sites is 1. The number of carbonyl (C=O) groups excluding carboxylic acids is 1. The zero-order valence-corrected chi connectivity index (χ0v) is 11.7. The Bertz CT molecular complexity index is 621. The van der Waals surface area contributed by atoms with Gasteiger partial charge in [0.1, 0.15) is 0 Å². The second kappa shape index (κ2) is 5.25. The van der Waals surface area contributed by atoms with Crippen LogP contribution in [0.3, 0.4) is 0 Å². The summed E-state index contributed by atoms with van der Waals surface area (Å²) in [5, 5.41) is 7.91. The highest BCUT2D eigenvalue weighted by Gasteiger charge is 2.32. The van der Waals surface area contributed by atoms with Gasteiger partial charge in [-0.25, -0.2) is 0 Å². The number of hydrogen-bond donors (Lipinski definition) is 2. The molecule has 3 N–H and O–H groups in total. The smallest absolute Gasteiger partial charge is 0.256 e. The lowest BCUT2D eigenvalue weighted by Crippen LogP contribution is -2.51. The summed E-state index contributed by atoms with van der Waals surface area (Å²) < 4.78 is 0. The molecule has 0 spiro atoms. The van der Waals surface area contributed by atoms with Gasteiger partial charge in [-0.3, -0.25) is 9.89 Å². The summed E-state index contributed by atoms with van der Waals surface area (Å²) in [4.78, 5) is 14.8. The van der Waals surface area contributed by atoms with Crippen molar-refractivity contribution >= 4 is 16.8 Å². The van der Waals surface area contributed by atoms with Crippen molar-refractivity contribution in [3.05, 3.63) is 30.0 Å². The SMILES string of the molecule is C[C@@H]1CCCN(C(=O)c2cccc3cn[nH]c23)[C@H]1CN. The Morgan fingerprint density at radius 1 is 1.55 bits per heavy atom. The molecule has 2 atom stereocenters. The number of nitrogens with two attached hydrogens (primary N) is 1. The summed E-state index contributed by atoms with van der Waals surface area (Å²) >= 11 is 0. The van der Waals surface area contributed by atoms with Gasteiger partial charge >= 0.3 is 0 Å². The first-order valence-corrected chi connectivity index (χ1v) is 7.15. The Labute approximate surface area is 118 Å². The van der Waals surface area contributed by atoms with E-state index in [2.05, 4.69) is 17.1 Å². The first-order chi connectivity index (χ1) is 9.72. The maximum absolute atomic E-state index is 12.8. The van der Waals surface area contributed by atoms with Crippen LogP contribution < -0.4 is 5.73 Å². The average Bonchev–Trinajstić information content (AvgIpc) is 2.94. The summed E-state index contributed by atoms with van der Waals surface area (Å²) in [5.74, 6) is 0.514. The number of nitrogens with zero attached hydrogens (tertiary/aromatic N) is 2. The van der Waals surface area contributed by atoms with Gasteiger partial charge < -0.3 is 10.6 Å². The molecule has 2 heterocycles. The zero-order valence-electron chi connectivity index (χ0n) is 11.7. The fraction of sp³-hybridized carbons (Fsp3) is 0.467. The Kier molecular flexibility index (Phi) is 3.44. The van der Waals surface area contributed by atoms with Gasteiger partial charge in [-0.2, -0.15) is 5.10 Å². The molecule has 2 aromatic rings. The van der Waals surface area contributed by atoms with Crippen molar-refractivity contribution in [3.63, 3.8) is 0 Å². The van der Waals surface area contributed by atoms with E-state index in [1.54, 1.807) is 6.20 Å². The normalized spacial score (nSPS) is 23.2. The molecule has 1 fully saturated rings. The topological polar surface area (TPSA) is 75.0 Å². The van der Waals surface area contributed by atoms with Crippen LogP contribution in [-0.2, 0) is 0 Å². The number of likely N-dealkylation sites (tertiary alicyclic amines) is 1. The maximum Gasteiger partial charge on any atom is 0.256 e. The molecule has 0 aliphatic carbocycles. The van der Waals surface area contributed by atoms with E-state index in [1.165, 1.54) is 0 Å². The molecule has 0 saturated carbocycles. The van der Waals surface area contributed by atoms with Crippen LogP contribution >= 0.6 is 0 Å². The molecule has 20 heavy (non-hydrogen) atoms. The number of piperidine rings is 1. The molecule has 0 radical (unpaired) electrons. The predicted octanol–water partition coefficient (Wildman–Crippen LogP) is 1.76. The van der Waals surface area contributed by atoms with E-state index in [0.717, 1.165) is 30.3 Å². The molecule has 1 aromatic carbocycles. The van der Waals surface area contributed by atoms with Crippen LogP contribution in [-0.4, -0.2) is 40.1 Å². The lowest BCUT2D eigenvalue weighted by Gasteiger charge is -2.39. The quantitative estimate of drug-likeness (QED) is 0.874. The fourth-order valence-electron chi connectivity index (χ4n) is 3.16. The van der Waals surface area contributed by atoms with Crippen LogP contribution in [0.15, 0.2) is 24.4 Å². The first-order valence-electron chi connectivity index (χ1n) is 7.15. The van der Waals surface area contributed by atoms with Gasteiger partial charge in [0, 0.05) is 24.5 Å². The number of hydrogen-bond acceptors (Lipinski definition) is 3. The molecule has 3 rings (SSSR count). The van der Waals surface area contributed by atoms with Crippen LogP contribution in [0.25, 0.3) is 10.9 Å². The summed E-state index contributed by atoms with van der Waals surface area (Å²) in [6, 6.07) is 5.84. The third-order valence-corrected chi connectivity index (χ3v) is 4.33. The van der Waals surface area contributed by atoms with Crippen LogP contribution in [0.1, 0.15) is 30.1 Å². The van der Waals surface area contributed by atoms with Crippen molar-refractivity contribution in [2.75, 3.05) is 13.1 Å². The number of aromatic nitrogens is 2. The Morgan fingerprint density at radius 3 is 3.20 bits per heavy atom. The molecule has 1 amide bonds. The van der Waals surface area contributed by atoms with Crippen LogP contribution in [0.2, 0.25) is 0 Å². The first kappa shape index (κ1) is 13.1. The molecule has 1 saturated heterocycles. The van der Waals surface area contributed by atoms with E-state index in [4.69, 9.17) is 5.73 Å². The highest BCUT2D eigenvalue weighted by atomic mass is 16.2. The van der Waals surface area contributed by atoms with Crippen LogP contribution in [0.4, 0.5) is 0 Å². The third kappa shape index (κ3) is 2.08. The van der Waals surface area contributed by atoms with Crippen molar-refractivity contribution in [3.8, 4) is 0 Å². The average molecular weight is 272 g/mol. The number of nitrogens with one attached hydrogen (secondary N) is 1. The Balaban J connectivity index is 1.97. The van der Waals surface area contributed by atoms with E-state index >= 15 is 0 Å². The van der Waals surface area contributed by atoms with Gasteiger partial charge in [0.25, 0.3) is 5.91 Å². The van der Waals surface area contributed by atoms with Crippen molar-refractivity contribution in [1.82, 2.24) is 15.1 Å². The van der Waals surface area contributed by atoms with E-state index in [0.29, 0.717) is 18.0 Å². The van der Waals surface area contributed by atoms with Gasteiger partial charge in [-0.05, 0) is 24.8 Å². The molecule has 0 bridgehead atoms. The molecule has 1 aliphatic rings. The maximum atomic E-state index is 12.8. The lowest BCUT2D eigenvalue weighted by molar-refractivity contribution is 0.0534. The number of rotatable bonds is 2. The summed E-state index contributed by atoms with van der Waals surface area (Å²) in [6.45, 7) is 3.48. The minimum absolute atomic E-state index is 0.0573. The molecular formula is C15H20N4O. The van der Waals surface area contributed by atoms with Gasteiger partial charge in [0.05, 0.1) is 17.3 Å².